The first kappa shape index (κ1) is 20.0. The van der Waals surface area contributed by atoms with E-state index in [0.29, 0.717) is 10.7 Å². The summed E-state index contributed by atoms with van der Waals surface area (Å²) in [6.45, 7) is 0. The van der Waals surface area contributed by atoms with Gasteiger partial charge in [-0.2, -0.15) is 5.26 Å². The van der Waals surface area contributed by atoms with Crippen molar-refractivity contribution in [3.05, 3.63) is 93.2 Å². The van der Waals surface area contributed by atoms with Crippen LogP contribution in [-0.2, 0) is 0 Å². The molecule has 0 fully saturated rings. The number of benzene rings is 2. The van der Waals surface area contributed by atoms with Crippen molar-refractivity contribution in [2.24, 2.45) is 0 Å². The molecule has 28 heavy (non-hydrogen) atoms. The highest BCUT2D eigenvalue weighted by molar-refractivity contribution is 6.30. The van der Waals surface area contributed by atoms with Gasteiger partial charge in [-0.25, -0.2) is 14.2 Å². The van der Waals surface area contributed by atoms with E-state index in [9.17, 15) is 8.78 Å². The number of hydrogen-bond acceptors (Lipinski definition) is 5. The summed E-state index contributed by atoms with van der Waals surface area (Å²) in [6, 6.07) is 12.2. The lowest BCUT2D eigenvalue weighted by molar-refractivity contribution is 0.136. The van der Waals surface area contributed by atoms with Crippen LogP contribution >= 0.6 is 23.2 Å². The zero-order valence-corrected chi connectivity index (χ0v) is 15.6. The fourth-order valence-electron chi connectivity index (χ4n) is 2.40. The van der Waals surface area contributed by atoms with Gasteiger partial charge in [0.2, 0.25) is 0 Å². The first-order chi connectivity index (χ1) is 13.5. The Balaban J connectivity index is 1.80. The van der Waals surface area contributed by atoms with E-state index in [2.05, 4.69) is 16.0 Å². The van der Waals surface area contributed by atoms with Gasteiger partial charge in [-0.15, -0.1) is 0 Å². The van der Waals surface area contributed by atoms with E-state index in [1.54, 1.807) is 24.3 Å². The zero-order valence-electron chi connectivity index (χ0n) is 14.1. The molecule has 1 heterocycles. The van der Waals surface area contributed by atoms with Gasteiger partial charge in [0.25, 0.3) is 0 Å². The minimum atomic E-state index is -0.766. The molecule has 0 amide bonds. The van der Waals surface area contributed by atoms with Crippen molar-refractivity contribution in [1.29, 1.82) is 5.26 Å². The number of aromatic nitrogens is 1. The van der Waals surface area contributed by atoms with Gasteiger partial charge in [0, 0.05) is 22.8 Å². The Morgan fingerprint density at radius 3 is 2.43 bits per heavy atom. The maximum atomic E-state index is 14.4. The van der Waals surface area contributed by atoms with Crippen LogP contribution in [0, 0.1) is 23.0 Å². The quantitative estimate of drug-likeness (QED) is 0.564. The largest absolute Gasteiger partial charge is 0.394 e. The van der Waals surface area contributed by atoms with Crippen LogP contribution in [-0.4, -0.2) is 4.98 Å². The maximum absolute atomic E-state index is 14.4. The van der Waals surface area contributed by atoms with E-state index in [1.807, 2.05) is 0 Å². The summed E-state index contributed by atoms with van der Waals surface area (Å²) in [4.78, 5) is 9.43. The fourth-order valence-corrected chi connectivity index (χ4v) is 2.67. The van der Waals surface area contributed by atoms with Crippen LogP contribution in [0.3, 0.4) is 0 Å². The van der Waals surface area contributed by atoms with E-state index in [-0.39, 0.29) is 21.9 Å². The first-order valence-corrected chi connectivity index (χ1v) is 8.67. The predicted molar refractivity (Wildman–Crippen MR) is 101 cm³/mol. The topological polar surface area (TPSA) is 70.0 Å². The Hall–Kier alpha value is -2.76. The van der Waals surface area contributed by atoms with Crippen molar-refractivity contribution in [3.8, 4) is 11.8 Å². The van der Waals surface area contributed by atoms with E-state index in [4.69, 9.17) is 33.3 Å². The number of pyridine rings is 1. The second kappa shape index (κ2) is 8.95. The van der Waals surface area contributed by atoms with Crippen molar-refractivity contribution >= 4 is 23.2 Å². The van der Waals surface area contributed by atoms with Crippen LogP contribution in [0.4, 0.5) is 8.78 Å². The van der Waals surface area contributed by atoms with Crippen LogP contribution in [0.15, 0.2) is 54.7 Å². The summed E-state index contributed by atoms with van der Waals surface area (Å²) >= 11 is 11.7. The summed E-state index contributed by atoms with van der Waals surface area (Å²) in [6.07, 6.45) is 1.43. The van der Waals surface area contributed by atoms with E-state index < -0.39 is 17.7 Å². The highest BCUT2D eigenvalue weighted by Crippen LogP contribution is 2.26. The van der Waals surface area contributed by atoms with E-state index in [0.717, 1.165) is 6.07 Å². The molecule has 3 rings (SSSR count). The standard InChI is InChI=1S/C19H12Cl2F2N4O/c20-12-2-5-15(17(23)7-12)19(18-6-3-13(21)10-25-18)26-27-28-14-4-1-11(9-24)16(22)8-14/h1-8,10,19,26-27H. The second-order valence-electron chi connectivity index (χ2n) is 5.60. The van der Waals surface area contributed by atoms with Crippen LogP contribution in [0.2, 0.25) is 10.0 Å². The van der Waals surface area contributed by atoms with E-state index >= 15 is 0 Å². The molecule has 0 saturated heterocycles. The SMILES string of the molecule is N#Cc1ccc(ONNC(c2ccc(Cl)cn2)c2ccc(Cl)cc2F)cc1F. The summed E-state index contributed by atoms with van der Waals surface area (Å²) in [5.41, 5.74) is 5.83. The van der Waals surface area contributed by atoms with E-state index in [1.165, 1.54) is 30.5 Å². The maximum Gasteiger partial charge on any atom is 0.152 e. The molecular formula is C19H12Cl2F2N4O. The number of halogens is 4. The normalized spacial score (nSPS) is 11.7. The van der Waals surface area contributed by atoms with Crippen molar-refractivity contribution in [3.63, 3.8) is 0 Å². The molecule has 0 bridgehead atoms. The Labute approximate surface area is 169 Å². The first-order valence-electron chi connectivity index (χ1n) is 7.91. The molecule has 5 nitrogen and oxygen atoms in total. The van der Waals surface area contributed by atoms with Gasteiger partial charge in [0.15, 0.2) is 5.75 Å². The number of nitrogens with zero attached hydrogens (tertiary/aromatic N) is 2. The number of nitrogens with one attached hydrogen (secondary N) is 2. The molecule has 0 spiro atoms. The third-order valence-electron chi connectivity index (χ3n) is 3.75. The average Bonchev–Trinajstić information content (AvgIpc) is 2.67. The van der Waals surface area contributed by atoms with Crippen LogP contribution < -0.4 is 15.9 Å². The molecule has 1 atom stereocenters. The average molecular weight is 421 g/mol. The zero-order chi connectivity index (χ0) is 20.1. The number of hydrogen-bond donors (Lipinski definition) is 2. The van der Waals surface area contributed by atoms with Gasteiger partial charge in [-0.1, -0.05) is 34.9 Å². The van der Waals surface area contributed by atoms with Gasteiger partial charge in [0.1, 0.15) is 17.7 Å². The molecule has 2 aromatic carbocycles. The highest BCUT2D eigenvalue weighted by Gasteiger charge is 2.20. The molecule has 1 unspecified atom stereocenters. The van der Waals surface area contributed by atoms with Gasteiger partial charge < -0.3 is 4.84 Å². The monoisotopic (exact) mass is 420 g/mol. The van der Waals surface area contributed by atoms with Crippen LogP contribution in [0.5, 0.6) is 5.75 Å². The molecule has 0 aliphatic heterocycles. The Kier molecular flexibility index (Phi) is 6.39. The Morgan fingerprint density at radius 2 is 1.79 bits per heavy atom. The van der Waals surface area contributed by atoms with Gasteiger partial charge in [-0.3, -0.25) is 4.98 Å². The Morgan fingerprint density at radius 1 is 1.00 bits per heavy atom. The van der Waals surface area contributed by atoms with Crippen LogP contribution in [0.1, 0.15) is 22.9 Å². The molecule has 0 aliphatic rings. The minimum absolute atomic E-state index is 0.105. The van der Waals surface area contributed by atoms with Gasteiger partial charge in [-0.05, 0) is 36.4 Å². The third-order valence-corrected chi connectivity index (χ3v) is 4.21. The van der Waals surface area contributed by atoms with Crippen LogP contribution in [0.25, 0.3) is 0 Å². The Bertz CT molecular complexity index is 1030. The summed E-state index contributed by atoms with van der Waals surface area (Å²) in [5.74, 6) is -1.15. The van der Waals surface area contributed by atoms with Gasteiger partial charge in [0.05, 0.1) is 22.3 Å². The lowest BCUT2D eigenvalue weighted by Crippen LogP contribution is -2.39. The molecule has 142 valence electrons. The van der Waals surface area contributed by atoms with Crippen molar-refractivity contribution in [2.45, 2.75) is 6.04 Å². The van der Waals surface area contributed by atoms with Gasteiger partial charge >= 0.3 is 0 Å². The molecule has 0 saturated carbocycles. The smallest absolute Gasteiger partial charge is 0.152 e. The lowest BCUT2D eigenvalue weighted by Gasteiger charge is -2.20. The molecule has 0 radical (unpaired) electrons. The second-order valence-corrected chi connectivity index (χ2v) is 6.47. The van der Waals surface area contributed by atoms with Crippen molar-refractivity contribution < 1.29 is 13.6 Å². The summed E-state index contributed by atoms with van der Waals surface area (Å²) in [7, 11) is 0. The number of nitriles is 1. The molecule has 9 heteroatoms. The summed E-state index contributed by atoms with van der Waals surface area (Å²) in [5, 5.41) is 9.43. The molecule has 2 N–H and O–H groups in total. The molecule has 1 aromatic heterocycles. The fraction of sp³-hybridized carbons (Fsp3) is 0.0526. The number of rotatable bonds is 6. The molecule has 0 aliphatic carbocycles. The lowest BCUT2D eigenvalue weighted by atomic mass is 10.0. The predicted octanol–water partition coefficient (Wildman–Crippen LogP) is 4.72. The van der Waals surface area contributed by atoms with Crippen molar-refractivity contribution in [2.75, 3.05) is 0 Å². The number of hydrazine groups is 1. The minimum Gasteiger partial charge on any atom is -0.394 e. The molecular weight excluding hydrogens is 409 g/mol. The molecule has 3 aromatic rings. The highest BCUT2D eigenvalue weighted by atomic mass is 35.5. The summed E-state index contributed by atoms with van der Waals surface area (Å²) < 4.78 is 28.1. The van der Waals surface area contributed by atoms with Crippen molar-refractivity contribution in [1.82, 2.24) is 16.0 Å². The third kappa shape index (κ3) is 4.74.